The van der Waals surface area contributed by atoms with E-state index in [1.54, 1.807) is 12.1 Å². The number of aldehydes is 1. The van der Waals surface area contributed by atoms with Crippen molar-refractivity contribution >= 4 is 6.29 Å². The molecule has 15 atom stereocenters. The number of aliphatic hydroxyl groups is 1. The molecule has 78 heavy (non-hydrogen) atoms. The van der Waals surface area contributed by atoms with E-state index in [2.05, 4.69) is 106 Å². The summed E-state index contributed by atoms with van der Waals surface area (Å²) >= 11 is 0. The number of aliphatic hydroxyl groups excluding tert-OH is 1. The molecule has 8 heteroatoms. The molecular weight excluding hydrogens is 978 g/mol. The zero-order valence-corrected chi connectivity index (χ0v) is 45.8. The van der Waals surface area contributed by atoms with Crippen LogP contribution in [0.5, 0.6) is 0 Å². The zero-order valence-electron chi connectivity index (χ0n) is 45.8. The maximum absolute atomic E-state index is 13.4. The highest BCUT2D eigenvalue weighted by Crippen LogP contribution is 2.51. The predicted molar refractivity (Wildman–Crippen MR) is 303 cm³/mol. The SMILES string of the molecule is C=C[C@@H]1C2CCC(C2)C[C@@H]1OC(c1ccc(C)cc1)c1ccc(F)cc1.Cc1ccc(C(O[C@H]2CC3CCC(C3)[C@H]2C=O)c2ccc(F)cc2)cc1.Cc1ccc(C(O[C@H]2CC3CCC(C3)[C@H]2CO)c2ccc(F)cc2)cc1. The fraction of sp³-hybridized carbons (Fsp3) is 0.443. The molecule has 6 aliphatic carbocycles. The lowest BCUT2D eigenvalue weighted by Gasteiger charge is -2.38. The average Bonchev–Trinajstić information content (AvgIpc) is 4.21. The Morgan fingerprint density at radius 2 is 0.731 bits per heavy atom. The van der Waals surface area contributed by atoms with E-state index in [9.17, 15) is 23.1 Å². The standard InChI is InChI=1S/C24H27FO.C23H27FO2.C23H25FO2/c1-3-22-20-9-6-17(14-20)15-23(22)26-24(18-7-4-16(2)5-8-18)19-10-12-21(25)13-11-19;2*1-15-2-5-17(6-3-15)23(18-8-10-20(24)11-9-18)26-22-13-16-4-7-19(12-16)21(22)14-25/h3-5,7-8,10-13,17,20,22-24H,1,6,9,14-15H2,2H3;2-3,5-6,8-11,16,19,21-23,25H,4,7,12-14H2,1H3;2-3,5-6,8-11,14,16,19,21-23H,4,7,12-13H2,1H3/t17?,20?,22-,23+,24?;2*16?,19?,21-,22+,23?/m111/s1. The van der Waals surface area contributed by atoms with Gasteiger partial charge in [-0.25, -0.2) is 13.2 Å². The van der Waals surface area contributed by atoms with Crippen LogP contribution >= 0.6 is 0 Å². The molecule has 6 saturated carbocycles. The van der Waals surface area contributed by atoms with Gasteiger partial charge in [-0.05, 0) is 184 Å². The van der Waals surface area contributed by atoms with Crippen molar-refractivity contribution < 1.29 is 37.3 Å². The van der Waals surface area contributed by atoms with Crippen LogP contribution in [0.4, 0.5) is 13.2 Å². The van der Waals surface area contributed by atoms with Gasteiger partial charge in [0.25, 0.3) is 0 Å². The van der Waals surface area contributed by atoms with Crippen LogP contribution in [0.3, 0.4) is 0 Å². The number of aryl methyl sites for hydroxylation is 3. The molecule has 9 unspecified atom stereocenters. The van der Waals surface area contributed by atoms with Crippen molar-refractivity contribution in [2.75, 3.05) is 6.61 Å². The molecule has 410 valence electrons. The lowest BCUT2D eigenvalue weighted by atomic mass is 9.77. The Balaban J connectivity index is 0.000000132. The minimum Gasteiger partial charge on any atom is -0.396 e. The largest absolute Gasteiger partial charge is 0.396 e. The number of carbonyl (C=O) groups is 1. The second-order valence-electron chi connectivity index (χ2n) is 23.9. The van der Waals surface area contributed by atoms with Crippen molar-refractivity contribution in [2.24, 2.45) is 53.3 Å². The van der Waals surface area contributed by atoms with Crippen LogP contribution in [-0.4, -0.2) is 36.3 Å². The van der Waals surface area contributed by atoms with E-state index in [4.69, 9.17) is 14.2 Å². The monoisotopic (exact) mass is 1060 g/mol. The molecular formula is C70H79F3O5. The Kier molecular flexibility index (Phi) is 18.3. The van der Waals surface area contributed by atoms with Crippen LogP contribution in [0.2, 0.25) is 0 Å². The van der Waals surface area contributed by atoms with Gasteiger partial charge in [0, 0.05) is 24.4 Å². The second-order valence-corrected chi connectivity index (χ2v) is 23.9. The Morgan fingerprint density at radius 1 is 0.436 bits per heavy atom. The highest BCUT2D eigenvalue weighted by molar-refractivity contribution is 5.56. The summed E-state index contributed by atoms with van der Waals surface area (Å²) < 4.78 is 60.2. The lowest BCUT2D eigenvalue weighted by Crippen LogP contribution is -2.37. The van der Waals surface area contributed by atoms with Crippen LogP contribution in [-0.2, 0) is 19.0 Å². The quantitative estimate of drug-likeness (QED) is 0.0820. The first kappa shape index (κ1) is 55.7. The highest BCUT2D eigenvalue weighted by Gasteiger charge is 2.45. The van der Waals surface area contributed by atoms with Crippen molar-refractivity contribution in [3.8, 4) is 0 Å². The molecule has 6 aromatic carbocycles. The van der Waals surface area contributed by atoms with Gasteiger partial charge in [0.05, 0.1) is 18.3 Å². The molecule has 6 bridgehead atoms. The van der Waals surface area contributed by atoms with E-state index in [1.807, 2.05) is 24.3 Å². The van der Waals surface area contributed by atoms with Gasteiger partial charge in [0.1, 0.15) is 42.0 Å². The molecule has 1 N–H and O–H groups in total. The fourth-order valence-electron chi connectivity index (χ4n) is 14.4. The third kappa shape index (κ3) is 13.3. The van der Waals surface area contributed by atoms with E-state index < -0.39 is 0 Å². The third-order valence-electron chi connectivity index (χ3n) is 18.7. The first-order valence-corrected chi connectivity index (χ1v) is 29.0. The van der Waals surface area contributed by atoms with E-state index in [1.165, 1.54) is 98.0 Å². The topological polar surface area (TPSA) is 65.0 Å². The summed E-state index contributed by atoms with van der Waals surface area (Å²) in [6.07, 6.45) is 17.0. The van der Waals surface area contributed by atoms with Crippen molar-refractivity contribution in [3.05, 3.63) is 226 Å². The lowest BCUT2D eigenvalue weighted by molar-refractivity contribution is -0.124. The van der Waals surface area contributed by atoms with Crippen LogP contribution in [0.1, 0.15) is 145 Å². The van der Waals surface area contributed by atoms with E-state index in [-0.39, 0.29) is 72.5 Å². The van der Waals surface area contributed by atoms with Gasteiger partial charge in [-0.15, -0.1) is 6.58 Å². The highest BCUT2D eigenvalue weighted by atomic mass is 19.1. The van der Waals surface area contributed by atoms with Gasteiger partial charge < -0.3 is 24.1 Å². The summed E-state index contributed by atoms with van der Waals surface area (Å²) in [6, 6.07) is 45.0. The second kappa shape index (κ2) is 25.6. The van der Waals surface area contributed by atoms with Gasteiger partial charge >= 0.3 is 0 Å². The van der Waals surface area contributed by atoms with Crippen molar-refractivity contribution in [2.45, 2.75) is 134 Å². The minimum absolute atomic E-state index is 0.0258. The van der Waals surface area contributed by atoms with Gasteiger partial charge in [0.15, 0.2) is 0 Å². The van der Waals surface area contributed by atoms with Gasteiger partial charge in [-0.2, -0.15) is 0 Å². The number of hydrogen-bond donors (Lipinski definition) is 1. The van der Waals surface area contributed by atoms with E-state index in [0.717, 1.165) is 83.6 Å². The Hall–Kier alpha value is -5.64. The van der Waals surface area contributed by atoms with Crippen LogP contribution < -0.4 is 0 Å². The summed E-state index contributed by atoms with van der Waals surface area (Å²) in [5.41, 5.74) is 9.78. The van der Waals surface area contributed by atoms with E-state index >= 15 is 0 Å². The first-order chi connectivity index (χ1) is 37.9. The number of rotatable bonds is 15. The number of hydrogen-bond acceptors (Lipinski definition) is 5. The molecule has 5 nitrogen and oxygen atoms in total. The number of fused-ring (bicyclic) bond motifs is 6. The van der Waals surface area contributed by atoms with E-state index in [0.29, 0.717) is 29.6 Å². The predicted octanol–water partition coefficient (Wildman–Crippen LogP) is 16.5. The van der Waals surface area contributed by atoms with Crippen LogP contribution in [0.15, 0.2) is 158 Å². The van der Waals surface area contributed by atoms with Crippen molar-refractivity contribution in [1.82, 2.24) is 0 Å². The van der Waals surface area contributed by atoms with Crippen molar-refractivity contribution in [3.63, 3.8) is 0 Å². The average molecular weight is 1060 g/mol. The molecule has 0 saturated heterocycles. The van der Waals surface area contributed by atoms with Crippen LogP contribution in [0.25, 0.3) is 0 Å². The molecule has 0 aliphatic heterocycles. The zero-order chi connectivity index (χ0) is 54.3. The molecule has 6 aliphatic rings. The summed E-state index contributed by atoms with van der Waals surface area (Å²) in [5, 5.41) is 9.98. The first-order valence-electron chi connectivity index (χ1n) is 29.0. The Morgan fingerprint density at radius 3 is 1.08 bits per heavy atom. The molecule has 0 spiro atoms. The summed E-state index contributed by atoms with van der Waals surface area (Å²) in [5.74, 6) is 3.84. The number of benzene rings is 6. The van der Waals surface area contributed by atoms with Gasteiger partial charge in [-0.3, -0.25) is 0 Å². The number of carbonyl (C=O) groups excluding carboxylic acids is 1. The molecule has 0 heterocycles. The summed E-state index contributed by atoms with van der Waals surface area (Å²) in [7, 11) is 0. The molecule has 0 aromatic heterocycles. The normalized spacial score (nSPS) is 28.8. The smallest absolute Gasteiger partial charge is 0.125 e. The summed E-state index contributed by atoms with van der Waals surface area (Å²) in [6.45, 7) is 10.5. The molecule has 0 radical (unpaired) electrons. The van der Waals surface area contributed by atoms with Crippen LogP contribution in [0, 0.1) is 91.5 Å². The Bertz CT molecular complexity index is 2580. The minimum atomic E-state index is -0.277. The molecule has 12 rings (SSSR count). The summed E-state index contributed by atoms with van der Waals surface area (Å²) in [4.78, 5) is 11.8. The molecule has 6 aromatic rings. The maximum Gasteiger partial charge on any atom is 0.125 e. The molecule has 6 fully saturated rings. The fourth-order valence-corrected chi connectivity index (χ4v) is 14.4. The third-order valence-corrected chi connectivity index (χ3v) is 18.7. The molecule has 0 amide bonds. The Labute approximate surface area is 461 Å². The number of ether oxygens (including phenoxy) is 3. The van der Waals surface area contributed by atoms with Gasteiger partial charge in [-0.1, -0.05) is 151 Å². The maximum atomic E-state index is 13.4. The number of halogens is 3. The van der Waals surface area contributed by atoms with Gasteiger partial charge in [0.2, 0.25) is 0 Å². The van der Waals surface area contributed by atoms with Crippen molar-refractivity contribution in [1.29, 1.82) is 0 Å².